The monoisotopic (exact) mass is 321 g/mol. The first-order valence-electron chi connectivity index (χ1n) is 4.25. The molecule has 5 heteroatoms. The van der Waals surface area contributed by atoms with Crippen molar-refractivity contribution in [2.45, 2.75) is 9.97 Å². The number of hydrogen-bond acceptors (Lipinski definition) is 2. The van der Waals surface area contributed by atoms with Gasteiger partial charge in [0.1, 0.15) is 11.6 Å². The summed E-state index contributed by atoms with van der Waals surface area (Å²) in [7, 11) is 0. The van der Waals surface area contributed by atoms with Crippen LogP contribution in [0.2, 0.25) is 0 Å². The number of nitrogens with zero attached hydrogens (tertiary/aromatic N) is 1. The van der Waals surface area contributed by atoms with Gasteiger partial charge in [-0.1, -0.05) is 0 Å². The number of ketones is 1. The first-order valence-corrected chi connectivity index (χ1v) is 5.49. The van der Waals surface area contributed by atoms with Crippen molar-refractivity contribution in [2.24, 2.45) is 4.99 Å². The van der Waals surface area contributed by atoms with E-state index in [2.05, 4.69) is 4.99 Å². The molecule has 1 aromatic rings. The third-order valence-corrected chi connectivity index (χ3v) is 3.09. The van der Waals surface area contributed by atoms with Gasteiger partial charge in [-0.25, -0.2) is 8.78 Å². The summed E-state index contributed by atoms with van der Waals surface area (Å²) in [5.74, 6) is -2.11. The van der Waals surface area contributed by atoms with Crippen molar-refractivity contribution in [3.8, 4) is 0 Å². The number of alkyl halides is 1. The Kier molecular flexibility index (Phi) is 2.81. The number of hydrogen-bond donors (Lipinski definition) is 0. The Balaban J connectivity index is 2.38. The zero-order valence-electron chi connectivity index (χ0n) is 7.45. The van der Waals surface area contributed by atoms with Gasteiger partial charge in [0.2, 0.25) is 0 Å². The van der Waals surface area contributed by atoms with Gasteiger partial charge in [-0.2, -0.15) is 0 Å². The highest BCUT2D eigenvalue weighted by molar-refractivity contribution is 14.1. The van der Waals surface area contributed by atoms with Crippen LogP contribution in [0.5, 0.6) is 0 Å². The highest BCUT2D eigenvalue weighted by Gasteiger charge is 2.30. The second kappa shape index (κ2) is 3.96. The summed E-state index contributed by atoms with van der Waals surface area (Å²) in [6.07, 6.45) is 1.44. The normalized spacial score (nSPS) is 24.9. The van der Waals surface area contributed by atoms with E-state index in [9.17, 15) is 13.6 Å². The average Bonchev–Trinajstić information content (AvgIpc) is 2.46. The fourth-order valence-corrected chi connectivity index (χ4v) is 2.03. The molecule has 0 saturated carbocycles. The molecule has 1 aliphatic rings. The van der Waals surface area contributed by atoms with Gasteiger partial charge in [0.15, 0.2) is 9.83 Å². The number of halogens is 3. The molecule has 0 radical (unpaired) electrons. The molecule has 0 N–H and O–H groups in total. The Morgan fingerprint density at radius 1 is 1.20 bits per heavy atom. The van der Waals surface area contributed by atoms with E-state index in [0.29, 0.717) is 5.56 Å². The minimum Gasteiger partial charge on any atom is -0.295 e. The Morgan fingerprint density at radius 3 is 2.27 bits per heavy atom. The van der Waals surface area contributed by atoms with Crippen molar-refractivity contribution in [1.82, 2.24) is 0 Å². The molecule has 15 heavy (non-hydrogen) atoms. The summed E-state index contributed by atoms with van der Waals surface area (Å²) in [6, 6.07) is 3.10. The minimum absolute atomic E-state index is 0.138. The zero-order chi connectivity index (χ0) is 11.0. The van der Waals surface area contributed by atoms with Gasteiger partial charge in [-0.15, -0.1) is 0 Å². The van der Waals surface area contributed by atoms with Crippen molar-refractivity contribution in [1.29, 1.82) is 0 Å². The Labute approximate surface area is 98.5 Å². The van der Waals surface area contributed by atoms with Crippen LogP contribution in [0, 0.1) is 11.6 Å². The molecule has 2 rings (SSSR count). The predicted octanol–water partition coefficient (Wildman–Crippen LogP) is 2.46. The third-order valence-electron chi connectivity index (χ3n) is 2.15. The van der Waals surface area contributed by atoms with Crippen molar-refractivity contribution in [2.75, 3.05) is 0 Å². The van der Waals surface area contributed by atoms with Crippen molar-refractivity contribution < 1.29 is 13.6 Å². The third kappa shape index (κ3) is 2.06. The predicted molar refractivity (Wildman–Crippen MR) is 60.4 cm³/mol. The highest BCUT2D eigenvalue weighted by atomic mass is 127. The zero-order valence-corrected chi connectivity index (χ0v) is 9.61. The molecule has 2 atom stereocenters. The lowest BCUT2D eigenvalue weighted by Gasteiger charge is -2.06. The molecular formula is C10H6F2INO. The van der Waals surface area contributed by atoms with Gasteiger partial charge < -0.3 is 0 Å². The van der Waals surface area contributed by atoms with E-state index < -0.39 is 21.6 Å². The van der Waals surface area contributed by atoms with Crippen LogP contribution in [0.1, 0.15) is 11.5 Å². The maximum absolute atomic E-state index is 12.9. The molecule has 2 unspecified atom stereocenters. The van der Waals surface area contributed by atoms with Crippen LogP contribution in [0.3, 0.4) is 0 Å². The molecule has 0 saturated heterocycles. The summed E-state index contributed by atoms with van der Waals surface area (Å²) >= 11 is 1.88. The molecule has 0 amide bonds. The molecule has 1 heterocycles. The molecule has 1 aromatic carbocycles. The Morgan fingerprint density at radius 2 is 1.80 bits per heavy atom. The van der Waals surface area contributed by atoms with Crippen LogP contribution in [0.25, 0.3) is 0 Å². The molecule has 0 spiro atoms. The van der Waals surface area contributed by atoms with Crippen LogP contribution < -0.4 is 0 Å². The average molecular weight is 321 g/mol. The maximum atomic E-state index is 12.9. The molecule has 0 aromatic heterocycles. The van der Waals surface area contributed by atoms with Crippen LogP contribution >= 0.6 is 22.6 Å². The van der Waals surface area contributed by atoms with Crippen molar-refractivity contribution >= 4 is 34.6 Å². The minimum atomic E-state index is -0.678. The van der Waals surface area contributed by atoms with Gasteiger partial charge in [-0.3, -0.25) is 9.79 Å². The number of benzene rings is 1. The Hall–Kier alpha value is -0.850. The van der Waals surface area contributed by atoms with Crippen LogP contribution in [-0.2, 0) is 4.79 Å². The lowest BCUT2D eigenvalue weighted by atomic mass is 9.97. The SMILES string of the molecule is O=C1C(I)N=CC1c1cc(F)cc(F)c1. The Bertz CT molecular complexity index is 427. The molecule has 2 nitrogen and oxygen atoms in total. The summed E-state index contributed by atoms with van der Waals surface area (Å²) in [6.45, 7) is 0. The smallest absolute Gasteiger partial charge is 0.179 e. The molecule has 0 bridgehead atoms. The lowest BCUT2D eigenvalue weighted by molar-refractivity contribution is -0.117. The number of rotatable bonds is 1. The molecule has 1 aliphatic heterocycles. The van der Waals surface area contributed by atoms with E-state index in [1.54, 1.807) is 0 Å². The first-order chi connectivity index (χ1) is 7.08. The quantitative estimate of drug-likeness (QED) is 0.444. The van der Waals surface area contributed by atoms with Gasteiger partial charge >= 0.3 is 0 Å². The van der Waals surface area contributed by atoms with E-state index in [-0.39, 0.29) is 5.78 Å². The van der Waals surface area contributed by atoms with Gasteiger partial charge in [0, 0.05) is 12.3 Å². The topological polar surface area (TPSA) is 29.4 Å². The lowest BCUT2D eigenvalue weighted by Crippen LogP contribution is -2.14. The van der Waals surface area contributed by atoms with Crippen molar-refractivity contribution in [3.63, 3.8) is 0 Å². The van der Waals surface area contributed by atoms with Crippen molar-refractivity contribution in [3.05, 3.63) is 35.4 Å². The maximum Gasteiger partial charge on any atom is 0.179 e. The van der Waals surface area contributed by atoms with E-state index >= 15 is 0 Å². The second-order valence-corrected chi connectivity index (χ2v) is 4.40. The van der Waals surface area contributed by atoms with E-state index in [4.69, 9.17) is 0 Å². The largest absolute Gasteiger partial charge is 0.295 e. The summed E-state index contributed by atoms with van der Waals surface area (Å²) < 4.78 is 25.4. The summed E-state index contributed by atoms with van der Waals surface area (Å²) in [5, 5.41) is 0. The molecule has 0 fully saturated rings. The highest BCUT2D eigenvalue weighted by Crippen LogP contribution is 2.26. The van der Waals surface area contributed by atoms with E-state index in [1.165, 1.54) is 6.21 Å². The van der Waals surface area contributed by atoms with Crippen LogP contribution in [-0.4, -0.2) is 16.0 Å². The molecule has 0 aliphatic carbocycles. The standard InChI is InChI=1S/C10H6F2INO/c11-6-1-5(2-7(12)3-6)8-4-14-10(13)9(8)15/h1-4,8,10H. The van der Waals surface area contributed by atoms with E-state index in [1.807, 2.05) is 22.6 Å². The summed E-state index contributed by atoms with van der Waals surface area (Å²) in [5.41, 5.74) is 0.320. The number of aliphatic imine (C=N–C) groups is 1. The fraction of sp³-hybridized carbons (Fsp3) is 0.200. The fourth-order valence-electron chi connectivity index (χ4n) is 1.46. The van der Waals surface area contributed by atoms with Gasteiger partial charge in [-0.05, 0) is 40.3 Å². The number of Topliss-reactive ketones (excluding diaryl/α,β-unsaturated/α-hetero) is 1. The number of carbonyl (C=O) groups excluding carboxylic acids is 1. The van der Waals surface area contributed by atoms with Gasteiger partial charge in [0.25, 0.3) is 0 Å². The molecular weight excluding hydrogens is 315 g/mol. The van der Waals surface area contributed by atoms with Crippen LogP contribution in [0.4, 0.5) is 8.78 Å². The second-order valence-electron chi connectivity index (χ2n) is 3.22. The first kappa shape index (κ1) is 10.7. The van der Waals surface area contributed by atoms with Crippen LogP contribution in [0.15, 0.2) is 23.2 Å². The van der Waals surface area contributed by atoms with E-state index in [0.717, 1.165) is 18.2 Å². The molecule has 78 valence electrons. The van der Waals surface area contributed by atoms with Gasteiger partial charge in [0.05, 0.1) is 5.92 Å². The number of carbonyl (C=O) groups is 1. The summed E-state index contributed by atoms with van der Waals surface area (Å²) in [4.78, 5) is 15.5.